The van der Waals surface area contributed by atoms with E-state index in [0.29, 0.717) is 24.5 Å². The van der Waals surface area contributed by atoms with Gasteiger partial charge in [0.05, 0.1) is 31.4 Å². The number of carbonyl (C=O) groups excluding carboxylic acids is 1. The van der Waals surface area contributed by atoms with Crippen molar-refractivity contribution in [3.8, 4) is 5.75 Å². The lowest BCUT2D eigenvalue weighted by atomic mass is 9.90. The first kappa shape index (κ1) is 17.1. The van der Waals surface area contributed by atoms with Gasteiger partial charge in [0.15, 0.2) is 5.43 Å². The number of pyridine rings is 1. The van der Waals surface area contributed by atoms with E-state index in [9.17, 15) is 9.59 Å². The van der Waals surface area contributed by atoms with Crippen LogP contribution in [0.25, 0.3) is 0 Å². The summed E-state index contributed by atoms with van der Waals surface area (Å²) in [5, 5.41) is 0. The highest BCUT2D eigenvalue weighted by Crippen LogP contribution is 2.33. The Bertz CT molecular complexity index is 1050. The number of hydrogen-bond acceptors (Lipinski definition) is 4. The molecule has 7 nitrogen and oxygen atoms in total. The Morgan fingerprint density at radius 1 is 1.30 bits per heavy atom. The van der Waals surface area contributed by atoms with Crippen LogP contribution in [0.1, 0.15) is 39.1 Å². The van der Waals surface area contributed by atoms with Crippen LogP contribution in [0.3, 0.4) is 0 Å². The van der Waals surface area contributed by atoms with Gasteiger partial charge in [-0.1, -0.05) is 12.1 Å². The van der Waals surface area contributed by atoms with Gasteiger partial charge in [-0.2, -0.15) is 0 Å². The Morgan fingerprint density at radius 2 is 2.15 bits per heavy atom. The summed E-state index contributed by atoms with van der Waals surface area (Å²) in [4.78, 5) is 37.2. The third kappa shape index (κ3) is 3.23. The van der Waals surface area contributed by atoms with Crippen molar-refractivity contribution in [2.45, 2.75) is 19.4 Å². The second-order valence-electron chi connectivity index (χ2n) is 6.69. The van der Waals surface area contributed by atoms with Gasteiger partial charge in [0.2, 0.25) is 0 Å². The monoisotopic (exact) mass is 364 g/mol. The average Bonchev–Trinajstić information content (AvgIpc) is 3.14. The SMILES string of the molecule is COc1cccc(C2CN(C(=O)c3cc(=O)cc(C)[nH]3)Cc3[nH]cnc32)c1. The number of hydrogen-bond donors (Lipinski definition) is 2. The summed E-state index contributed by atoms with van der Waals surface area (Å²) in [6, 6.07) is 10.6. The average molecular weight is 364 g/mol. The first-order valence-corrected chi connectivity index (χ1v) is 8.71. The number of rotatable bonds is 3. The van der Waals surface area contributed by atoms with Crippen LogP contribution in [0.2, 0.25) is 0 Å². The van der Waals surface area contributed by atoms with Crippen molar-refractivity contribution in [3.05, 3.63) is 81.3 Å². The van der Waals surface area contributed by atoms with E-state index >= 15 is 0 Å². The molecule has 0 aliphatic carbocycles. The molecule has 3 heterocycles. The molecule has 2 aromatic heterocycles. The van der Waals surface area contributed by atoms with Crippen LogP contribution in [0.4, 0.5) is 0 Å². The van der Waals surface area contributed by atoms with E-state index in [0.717, 1.165) is 22.7 Å². The molecule has 1 aromatic carbocycles. The fraction of sp³-hybridized carbons (Fsp3) is 0.250. The number of aryl methyl sites for hydroxylation is 1. The second-order valence-corrected chi connectivity index (χ2v) is 6.69. The van der Waals surface area contributed by atoms with Gasteiger partial charge in [-0.25, -0.2) is 4.98 Å². The molecule has 0 radical (unpaired) electrons. The standard InChI is InChI=1S/C20H20N4O3/c1-12-6-14(25)8-17(23-12)20(26)24-9-16(19-18(10-24)21-11-22-19)13-4-3-5-15(7-13)27-2/h3-8,11,16H,9-10H2,1-2H3,(H,21,22)(H,23,25). The summed E-state index contributed by atoms with van der Waals surface area (Å²) in [5.41, 5.74) is 3.64. The second kappa shape index (κ2) is 6.75. The van der Waals surface area contributed by atoms with E-state index in [-0.39, 0.29) is 17.3 Å². The summed E-state index contributed by atoms with van der Waals surface area (Å²) in [5.74, 6) is 0.482. The van der Waals surface area contributed by atoms with Crippen LogP contribution in [-0.4, -0.2) is 39.4 Å². The molecule has 0 fully saturated rings. The Hall–Kier alpha value is -3.35. The van der Waals surface area contributed by atoms with Crippen molar-refractivity contribution in [2.24, 2.45) is 0 Å². The lowest BCUT2D eigenvalue weighted by Gasteiger charge is -2.32. The molecule has 27 heavy (non-hydrogen) atoms. The molecule has 1 amide bonds. The number of carbonyl (C=O) groups is 1. The van der Waals surface area contributed by atoms with Gasteiger partial charge < -0.3 is 19.6 Å². The zero-order valence-corrected chi connectivity index (χ0v) is 15.2. The lowest BCUT2D eigenvalue weighted by molar-refractivity contribution is 0.0715. The minimum Gasteiger partial charge on any atom is -0.497 e. The van der Waals surface area contributed by atoms with Gasteiger partial charge in [-0.15, -0.1) is 0 Å². The number of benzene rings is 1. The van der Waals surface area contributed by atoms with E-state index < -0.39 is 0 Å². The molecule has 3 aromatic rings. The molecular weight excluding hydrogens is 344 g/mol. The largest absolute Gasteiger partial charge is 0.497 e. The molecule has 0 spiro atoms. The van der Waals surface area contributed by atoms with Crippen LogP contribution in [-0.2, 0) is 6.54 Å². The lowest BCUT2D eigenvalue weighted by Crippen LogP contribution is -2.39. The predicted molar refractivity (Wildman–Crippen MR) is 100.0 cm³/mol. The minimum atomic E-state index is -0.205. The number of H-pyrrole nitrogens is 2. The van der Waals surface area contributed by atoms with Crippen LogP contribution >= 0.6 is 0 Å². The number of aromatic nitrogens is 3. The number of fused-ring (bicyclic) bond motifs is 1. The number of imidazole rings is 1. The van der Waals surface area contributed by atoms with Gasteiger partial charge in [-0.05, 0) is 24.6 Å². The van der Waals surface area contributed by atoms with Crippen molar-refractivity contribution in [2.75, 3.05) is 13.7 Å². The molecule has 2 N–H and O–H groups in total. The van der Waals surface area contributed by atoms with E-state index in [1.54, 1.807) is 25.3 Å². The molecule has 1 aliphatic rings. The van der Waals surface area contributed by atoms with E-state index in [1.807, 2.05) is 24.3 Å². The third-order valence-electron chi connectivity index (χ3n) is 4.82. The summed E-state index contributed by atoms with van der Waals surface area (Å²) in [6.45, 7) is 2.66. The van der Waals surface area contributed by atoms with Gasteiger partial charge in [0.25, 0.3) is 5.91 Å². The predicted octanol–water partition coefficient (Wildman–Crippen LogP) is 2.20. The maximum absolute atomic E-state index is 13.0. The van der Waals surface area contributed by atoms with Gasteiger partial charge >= 0.3 is 0 Å². The molecule has 1 atom stereocenters. The topological polar surface area (TPSA) is 91.1 Å². The normalized spacial score (nSPS) is 16.1. The highest BCUT2D eigenvalue weighted by Gasteiger charge is 2.32. The summed E-state index contributed by atoms with van der Waals surface area (Å²) in [6.07, 6.45) is 1.65. The number of ether oxygens (including phenoxy) is 1. The Morgan fingerprint density at radius 3 is 2.93 bits per heavy atom. The summed E-state index contributed by atoms with van der Waals surface area (Å²) >= 11 is 0. The Balaban J connectivity index is 1.70. The zero-order valence-electron chi connectivity index (χ0n) is 15.2. The van der Waals surface area contributed by atoms with Crippen molar-refractivity contribution in [1.29, 1.82) is 0 Å². The molecule has 1 aliphatic heterocycles. The van der Waals surface area contributed by atoms with Crippen molar-refractivity contribution in [1.82, 2.24) is 19.9 Å². The van der Waals surface area contributed by atoms with Gasteiger partial charge in [-0.3, -0.25) is 9.59 Å². The van der Waals surface area contributed by atoms with Crippen LogP contribution in [0.15, 0.2) is 47.5 Å². The summed E-state index contributed by atoms with van der Waals surface area (Å²) < 4.78 is 5.34. The zero-order chi connectivity index (χ0) is 19.0. The maximum atomic E-state index is 13.0. The van der Waals surface area contributed by atoms with Crippen molar-refractivity contribution >= 4 is 5.91 Å². The molecule has 0 saturated carbocycles. The number of nitrogens with one attached hydrogen (secondary N) is 2. The van der Waals surface area contributed by atoms with Crippen molar-refractivity contribution < 1.29 is 9.53 Å². The summed E-state index contributed by atoms with van der Waals surface area (Å²) in [7, 11) is 1.63. The first-order valence-electron chi connectivity index (χ1n) is 8.71. The number of nitrogens with zero attached hydrogens (tertiary/aromatic N) is 2. The first-order chi connectivity index (χ1) is 13.0. The number of aromatic amines is 2. The van der Waals surface area contributed by atoms with E-state index in [2.05, 4.69) is 15.0 Å². The highest BCUT2D eigenvalue weighted by molar-refractivity contribution is 5.92. The molecule has 4 rings (SSSR count). The van der Waals surface area contributed by atoms with Crippen LogP contribution in [0.5, 0.6) is 5.75 Å². The smallest absolute Gasteiger partial charge is 0.270 e. The van der Waals surface area contributed by atoms with E-state index in [4.69, 9.17) is 4.74 Å². The highest BCUT2D eigenvalue weighted by atomic mass is 16.5. The minimum absolute atomic E-state index is 0.0735. The van der Waals surface area contributed by atoms with Crippen LogP contribution < -0.4 is 10.2 Å². The quantitative estimate of drug-likeness (QED) is 0.745. The van der Waals surface area contributed by atoms with Crippen molar-refractivity contribution in [3.63, 3.8) is 0 Å². The number of methoxy groups -OCH3 is 1. The van der Waals surface area contributed by atoms with Gasteiger partial charge in [0.1, 0.15) is 11.4 Å². The van der Waals surface area contributed by atoms with E-state index in [1.165, 1.54) is 12.1 Å². The fourth-order valence-electron chi connectivity index (χ4n) is 3.56. The molecular formula is C20H20N4O3. The fourth-order valence-corrected chi connectivity index (χ4v) is 3.56. The molecule has 0 bridgehead atoms. The molecule has 138 valence electrons. The molecule has 7 heteroatoms. The number of amides is 1. The van der Waals surface area contributed by atoms with Gasteiger partial charge in [0, 0.05) is 30.3 Å². The Kier molecular flexibility index (Phi) is 4.27. The molecule has 1 unspecified atom stereocenters. The maximum Gasteiger partial charge on any atom is 0.270 e. The Labute approximate surface area is 156 Å². The molecule has 0 saturated heterocycles. The van der Waals surface area contributed by atoms with Crippen LogP contribution in [0, 0.1) is 6.92 Å². The third-order valence-corrected chi connectivity index (χ3v) is 4.82.